The Morgan fingerprint density at radius 1 is 1.41 bits per heavy atom. The molecule has 0 bridgehead atoms. The molecule has 0 aliphatic carbocycles. The van der Waals surface area contributed by atoms with Crippen LogP contribution in [0.4, 0.5) is 0 Å². The van der Waals surface area contributed by atoms with Gasteiger partial charge in [0.25, 0.3) is 10.2 Å². The first-order valence-electron chi connectivity index (χ1n) is 5.77. The molecule has 0 fully saturated rings. The third-order valence-corrected chi connectivity index (χ3v) is 4.14. The van der Waals surface area contributed by atoms with E-state index in [2.05, 4.69) is 4.72 Å². The van der Waals surface area contributed by atoms with Crippen LogP contribution in [0.1, 0.15) is 20.3 Å². The van der Waals surface area contributed by atoms with E-state index in [1.807, 2.05) is 13.8 Å². The molecule has 104 valence electrons. The van der Waals surface area contributed by atoms with Crippen molar-refractivity contribution in [3.8, 4) is 0 Å². The lowest BCUT2D eigenvalue weighted by molar-refractivity contribution is 0.156. The Kier molecular flexibility index (Phi) is 7.89. The van der Waals surface area contributed by atoms with Crippen molar-refractivity contribution in [2.75, 3.05) is 33.9 Å². The number of rotatable bonds is 9. The molecule has 0 heterocycles. The lowest BCUT2D eigenvalue weighted by atomic mass is 10.1. The molecular formula is C10H25N3O3S. The molecule has 0 aliphatic heterocycles. The summed E-state index contributed by atoms with van der Waals surface area (Å²) in [6.07, 6.45) is 0.647. The number of hydrogen-bond acceptors (Lipinski definition) is 4. The SMILES string of the molecule is COCC(NS(=O)(=O)N(C)CCCN)C(C)C. The number of methoxy groups -OCH3 is 1. The fraction of sp³-hybridized carbons (Fsp3) is 1.00. The first-order chi connectivity index (χ1) is 7.85. The molecule has 0 aromatic heterocycles. The van der Waals surface area contributed by atoms with E-state index in [-0.39, 0.29) is 12.0 Å². The van der Waals surface area contributed by atoms with Crippen molar-refractivity contribution in [2.45, 2.75) is 26.3 Å². The van der Waals surface area contributed by atoms with E-state index < -0.39 is 10.2 Å². The summed E-state index contributed by atoms with van der Waals surface area (Å²) in [5, 5.41) is 0. The maximum absolute atomic E-state index is 11.9. The molecule has 6 nitrogen and oxygen atoms in total. The van der Waals surface area contributed by atoms with Gasteiger partial charge in [-0.2, -0.15) is 17.4 Å². The van der Waals surface area contributed by atoms with Crippen LogP contribution in [0.25, 0.3) is 0 Å². The minimum Gasteiger partial charge on any atom is -0.383 e. The summed E-state index contributed by atoms with van der Waals surface area (Å²) in [4.78, 5) is 0. The zero-order valence-electron chi connectivity index (χ0n) is 11.1. The van der Waals surface area contributed by atoms with Crippen molar-refractivity contribution in [1.29, 1.82) is 0 Å². The molecule has 0 spiro atoms. The smallest absolute Gasteiger partial charge is 0.279 e. The Morgan fingerprint density at radius 2 is 2.00 bits per heavy atom. The maximum Gasteiger partial charge on any atom is 0.279 e. The van der Waals surface area contributed by atoms with E-state index in [4.69, 9.17) is 10.5 Å². The molecule has 0 saturated carbocycles. The number of ether oxygens (including phenoxy) is 1. The Morgan fingerprint density at radius 3 is 2.41 bits per heavy atom. The standard InChI is InChI=1S/C10H25N3O3S/c1-9(2)10(8-16-4)12-17(14,15)13(3)7-5-6-11/h9-10,12H,5-8,11H2,1-4H3. The Hall–Kier alpha value is -0.210. The summed E-state index contributed by atoms with van der Waals surface area (Å²) in [5.41, 5.74) is 5.36. The Labute approximate surface area is 105 Å². The largest absolute Gasteiger partial charge is 0.383 e. The fourth-order valence-corrected chi connectivity index (χ4v) is 2.53. The molecule has 0 saturated heterocycles. The lowest BCUT2D eigenvalue weighted by Crippen LogP contribution is -2.48. The van der Waals surface area contributed by atoms with Gasteiger partial charge < -0.3 is 10.5 Å². The normalized spacial score (nSPS) is 14.5. The molecule has 0 amide bonds. The first kappa shape index (κ1) is 16.8. The third-order valence-electron chi connectivity index (χ3n) is 2.54. The van der Waals surface area contributed by atoms with Gasteiger partial charge >= 0.3 is 0 Å². The van der Waals surface area contributed by atoms with Gasteiger partial charge in [-0.05, 0) is 18.9 Å². The highest BCUT2D eigenvalue weighted by atomic mass is 32.2. The van der Waals surface area contributed by atoms with Crippen LogP contribution in [0.2, 0.25) is 0 Å². The van der Waals surface area contributed by atoms with Crippen LogP contribution in [-0.2, 0) is 14.9 Å². The Balaban J connectivity index is 4.48. The van der Waals surface area contributed by atoms with Crippen molar-refractivity contribution in [3.05, 3.63) is 0 Å². The van der Waals surface area contributed by atoms with Gasteiger partial charge in [0.1, 0.15) is 0 Å². The summed E-state index contributed by atoms with van der Waals surface area (Å²) in [6.45, 7) is 5.16. The van der Waals surface area contributed by atoms with Gasteiger partial charge in [-0.25, -0.2) is 0 Å². The van der Waals surface area contributed by atoms with Gasteiger partial charge in [-0.3, -0.25) is 0 Å². The van der Waals surface area contributed by atoms with Gasteiger partial charge in [-0.1, -0.05) is 13.8 Å². The van der Waals surface area contributed by atoms with E-state index in [1.54, 1.807) is 14.2 Å². The number of nitrogens with two attached hydrogens (primary N) is 1. The Bertz CT molecular complexity index is 293. The van der Waals surface area contributed by atoms with E-state index in [0.29, 0.717) is 26.1 Å². The van der Waals surface area contributed by atoms with Crippen LogP contribution in [0.3, 0.4) is 0 Å². The van der Waals surface area contributed by atoms with Crippen molar-refractivity contribution in [2.24, 2.45) is 11.7 Å². The second-order valence-electron chi connectivity index (χ2n) is 4.39. The van der Waals surface area contributed by atoms with E-state index in [1.165, 1.54) is 4.31 Å². The predicted octanol–water partition coefficient (Wildman–Crippen LogP) is -0.228. The zero-order chi connectivity index (χ0) is 13.5. The molecule has 0 aromatic rings. The summed E-state index contributed by atoms with van der Waals surface area (Å²) in [6, 6.07) is -0.217. The highest BCUT2D eigenvalue weighted by molar-refractivity contribution is 7.87. The molecule has 1 unspecified atom stereocenters. The van der Waals surface area contributed by atoms with Crippen molar-refractivity contribution in [1.82, 2.24) is 9.03 Å². The van der Waals surface area contributed by atoms with Gasteiger partial charge in [0.05, 0.1) is 6.61 Å². The second kappa shape index (κ2) is 7.99. The quantitative estimate of drug-likeness (QED) is 0.604. The molecule has 3 N–H and O–H groups in total. The highest BCUT2D eigenvalue weighted by Gasteiger charge is 2.23. The summed E-state index contributed by atoms with van der Waals surface area (Å²) < 4.78 is 32.8. The van der Waals surface area contributed by atoms with Crippen LogP contribution in [-0.4, -0.2) is 52.6 Å². The van der Waals surface area contributed by atoms with Crippen LogP contribution in [0, 0.1) is 5.92 Å². The van der Waals surface area contributed by atoms with Crippen LogP contribution >= 0.6 is 0 Å². The molecular weight excluding hydrogens is 242 g/mol. The van der Waals surface area contributed by atoms with Gasteiger partial charge in [-0.15, -0.1) is 0 Å². The second-order valence-corrected chi connectivity index (χ2v) is 6.20. The number of nitrogens with zero attached hydrogens (tertiary/aromatic N) is 1. The summed E-state index contributed by atoms with van der Waals surface area (Å²) >= 11 is 0. The van der Waals surface area contributed by atoms with Crippen LogP contribution < -0.4 is 10.5 Å². The average molecular weight is 267 g/mol. The molecule has 0 aromatic carbocycles. The fourth-order valence-electron chi connectivity index (χ4n) is 1.26. The van der Waals surface area contributed by atoms with Crippen LogP contribution in [0.5, 0.6) is 0 Å². The molecule has 17 heavy (non-hydrogen) atoms. The third kappa shape index (κ3) is 6.32. The first-order valence-corrected chi connectivity index (χ1v) is 7.21. The molecule has 7 heteroatoms. The highest BCUT2D eigenvalue weighted by Crippen LogP contribution is 2.06. The van der Waals surface area contributed by atoms with Crippen molar-refractivity contribution < 1.29 is 13.2 Å². The maximum atomic E-state index is 11.9. The minimum atomic E-state index is -3.45. The van der Waals surface area contributed by atoms with Gasteiger partial charge in [0, 0.05) is 26.7 Å². The number of nitrogens with one attached hydrogen (secondary N) is 1. The summed E-state index contributed by atoms with van der Waals surface area (Å²) in [5.74, 6) is 0.174. The summed E-state index contributed by atoms with van der Waals surface area (Å²) in [7, 11) is -0.350. The van der Waals surface area contributed by atoms with Gasteiger partial charge in [0.2, 0.25) is 0 Å². The molecule has 0 rings (SSSR count). The van der Waals surface area contributed by atoms with Crippen LogP contribution in [0.15, 0.2) is 0 Å². The van der Waals surface area contributed by atoms with Crippen molar-refractivity contribution >= 4 is 10.2 Å². The van der Waals surface area contributed by atoms with E-state index >= 15 is 0 Å². The lowest BCUT2D eigenvalue weighted by Gasteiger charge is -2.25. The minimum absolute atomic E-state index is 0.174. The van der Waals surface area contributed by atoms with E-state index in [0.717, 1.165) is 0 Å². The monoisotopic (exact) mass is 267 g/mol. The molecule has 1 atom stereocenters. The number of hydrogen-bond donors (Lipinski definition) is 2. The molecule has 0 radical (unpaired) electrons. The topological polar surface area (TPSA) is 84.7 Å². The van der Waals surface area contributed by atoms with E-state index in [9.17, 15) is 8.42 Å². The predicted molar refractivity (Wildman–Crippen MR) is 68.9 cm³/mol. The zero-order valence-corrected chi connectivity index (χ0v) is 12.0. The van der Waals surface area contributed by atoms with Gasteiger partial charge in [0.15, 0.2) is 0 Å². The molecule has 0 aliphatic rings. The van der Waals surface area contributed by atoms with Crippen molar-refractivity contribution in [3.63, 3.8) is 0 Å². The average Bonchev–Trinajstić information content (AvgIpc) is 2.24.